The molecule has 0 saturated carbocycles. The van der Waals surface area contributed by atoms with E-state index in [2.05, 4.69) is 29.6 Å². The molecule has 0 saturated heterocycles. The summed E-state index contributed by atoms with van der Waals surface area (Å²) in [7, 11) is -3.42. The zero-order chi connectivity index (χ0) is 20.9. The van der Waals surface area contributed by atoms with Crippen LogP contribution in [-0.4, -0.2) is 27.1 Å². The fourth-order valence-corrected chi connectivity index (χ4v) is 4.08. The first-order valence-electron chi connectivity index (χ1n) is 9.24. The molecule has 0 aliphatic heterocycles. The summed E-state index contributed by atoms with van der Waals surface area (Å²) in [6, 6.07) is 24.4. The van der Waals surface area contributed by atoms with Gasteiger partial charge in [-0.2, -0.15) is 0 Å². The van der Waals surface area contributed by atoms with E-state index in [0.29, 0.717) is 13.0 Å². The molecule has 3 rings (SSSR count). The summed E-state index contributed by atoms with van der Waals surface area (Å²) in [5.41, 5.74) is 2.50. The summed E-state index contributed by atoms with van der Waals surface area (Å²) < 4.78 is 23.5. The molecule has 6 heteroatoms. The minimum Gasteiger partial charge on any atom is -0.352 e. The molecule has 3 aromatic rings. The normalized spacial score (nSPS) is 11.4. The van der Waals surface area contributed by atoms with Gasteiger partial charge < -0.3 is 5.32 Å². The molecular weight excluding hydrogens is 406 g/mol. The van der Waals surface area contributed by atoms with Crippen molar-refractivity contribution in [3.05, 3.63) is 101 Å². The molecule has 150 valence electrons. The third-order valence-corrected chi connectivity index (χ3v) is 6.17. The topological polar surface area (TPSA) is 63.2 Å². The Hall–Kier alpha value is -2.63. The number of nitrogens with one attached hydrogen (secondary N) is 1. The van der Waals surface area contributed by atoms with Gasteiger partial charge in [0.15, 0.2) is 9.84 Å². The van der Waals surface area contributed by atoms with Gasteiger partial charge in [-0.1, -0.05) is 72.3 Å². The maximum absolute atomic E-state index is 12.6. The molecule has 0 fully saturated rings. The molecule has 0 spiro atoms. The summed E-state index contributed by atoms with van der Waals surface area (Å²) in [5.74, 6) is -0.254. The van der Waals surface area contributed by atoms with Gasteiger partial charge in [0.25, 0.3) is 5.91 Å². The van der Waals surface area contributed by atoms with E-state index in [4.69, 9.17) is 11.6 Å². The van der Waals surface area contributed by atoms with Crippen LogP contribution in [0.3, 0.4) is 0 Å². The highest BCUT2D eigenvalue weighted by molar-refractivity contribution is 7.90. The Balaban J connectivity index is 1.74. The van der Waals surface area contributed by atoms with Crippen molar-refractivity contribution in [3.8, 4) is 0 Å². The van der Waals surface area contributed by atoms with E-state index >= 15 is 0 Å². The molecule has 0 aromatic heterocycles. The molecule has 29 heavy (non-hydrogen) atoms. The minimum absolute atomic E-state index is 0.0681. The van der Waals surface area contributed by atoms with Crippen molar-refractivity contribution in [3.63, 3.8) is 0 Å². The van der Waals surface area contributed by atoms with Gasteiger partial charge in [-0.25, -0.2) is 8.42 Å². The van der Waals surface area contributed by atoms with Crippen LogP contribution >= 0.6 is 11.6 Å². The Morgan fingerprint density at radius 1 is 0.931 bits per heavy atom. The molecule has 0 radical (unpaired) electrons. The Labute approximate surface area is 176 Å². The van der Waals surface area contributed by atoms with Crippen molar-refractivity contribution in [2.45, 2.75) is 17.2 Å². The zero-order valence-corrected chi connectivity index (χ0v) is 17.6. The number of hydrogen-bond acceptors (Lipinski definition) is 3. The molecule has 0 aliphatic rings. The summed E-state index contributed by atoms with van der Waals surface area (Å²) in [5, 5.41) is 3.09. The second-order valence-electron chi connectivity index (χ2n) is 6.83. The van der Waals surface area contributed by atoms with E-state index in [1.165, 1.54) is 29.3 Å². The molecule has 0 unspecified atom stereocenters. The van der Waals surface area contributed by atoms with Crippen LogP contribution in [0.5, 0.6) is 0 Å². The number of carbonyl (C=O) groups excluding carboxylic acids is 1. The van der Waals surface area contributed by atoms with E-state index in [-0.39, 0.29) is 27.3 Å². The second-order valence-corrected chi connectivity index (χ2v) is 9.26. The average molecular weight is 428 g/mol. The Morgan fingerprint density at radius 2 is 1.48 bits per heavy atom. The summed E-state index contributed by atoms with van der Waals surface area (Å²) in [6.07, 6.45) is 1.80. The first kappa shape index (κ1) is 21.1. The van der Waals surface area contributed by atoms with Crippen molar-refractivity contribution in [2.75, 3.05) is 12.8 Å². The van der Waals surface area contributed by atoms with E-state index in [0.717, 1.165) is 6.26 Å². The Bertz CT molecular complexity index is 1040. The average Bonchev–Trinajstić information content (AvgIpc) is 2.72. The van der Waals surface area contributed by atoms with Gasteiger partial charge >= 0.3 is 0 Å². The third-order valence-electron chi connectivity index (χ3n) is 4.73. The largest absolute Gasteiger partial charge is 0.352 e. The summed E-state index contributed by atoms with van der Waals surface area (Å²) >= 11 is 6.12. The van der Waals surface area contributed by atoms with E-state index in [1.54, 1.807) is 0 Å². The standard InChI is InChI=1S/C23H22ClNO3S/c1-29(27,28)19-12-13-22(24)21(16-19)23(26)25-15-14-20(17-8-4-2-5-9-17)18-10-6-3-7-11-18/h2-13,16,20H,14-15H2,1H3,(H,25,26). The monoisotopic (exact) mass is 427 g/mol. The number of benzene rings is 3. The van der Waals surface area contributed by atoms with Crippen LogP contribution in [0.15, 0.2) is 83.8 Å². The lowest BCUT2D eigenvalue weighted by Gasteiger charge is -2.18. The number of amides is 1. The van der Waals surface area contributed by atoms with Crippen LogP contribution in [0, 0.1) is 0 Å². The smallest absolute Gasteiger partial charge is 0.252 e. The lowest BCUT2D eigenvalue weighted by atomic mass is 9.88. The SMILES string of the molecule is CS(=O)(=O)c1ccc(Cl)c(C(=O)NCCC(c2ccccc2)c2ccccc2)c1. The summed E-state index contributed by atoms with van der Waals surface area (Å²) in [4.78, 5) is 12.7. The first-order chi connectivity index (χ1) is 13.9. The van der Waals surface area contributed by atoms with Crippen LogP contribution < -0.4 is 5.32 Å². The maximum Gasteiger partial charge on any atom is 0.252 e. The van der Waals surface area contributed by atoms with Crippen molar-refractivity contribution < 1.29 is 13.2 Å². The number of carbonyl (C=O) groups is 1. The van der Waals surface area contributed by atoms with Crippen molar-refractivity contribution >= 4 is 27.3 Å². The lowest BCUT2D eigenvalue weighted by Crippen LogP contribution is -2.26. The van der Waals surface area contributed by atoms with Gasteiger partial charge in [0, 0.05) is 18.7 Å². The van der Waals surface area contributed by atoms with Crippen LogP contribution in [0.4, 0.5) is 0 Å². The first-order valence-corrected chi connectivity index (χ1v) is 11.5. The van der Waals surface area contributed by atoms with Crippen molar-refractivity contribution in [1.29, 1.82) is 0 Å². The predicted octanol–water partition coefficient (Wildman–Crippen LogP) is 4.70. The van der Waals surface area contributed by atoms with Crippen molar-refractivity contribution in [1.82, 2.24) is 5.32 Å². The molecule has 0 aliphatic carbocycles. The zero-order valence-electron chi connectivity index (χ0n) is 16.0. The highest BCUT2D eigenvalue weighted by Gasteiger charge is 2.17. The van der Waals surface area contributed by atoms with E-state index < -0.39 is 9.84 Å². The molecule has 3 aromatic carbocycles. The Morgan fingerprint density at radius 3 is 2.00 bits per heavy atom. The summed E-state index contributed by atoms with van der Waals surface area (Å²) in [6.45, 7) is 0.423. The van der Waals surface area contributed by atoms with Gasteiger partial charge in [0.1, 0.15) is 0 Å². The molecular formula is C23H22ClNO3S. The number of sulfone groups is 1. The van der Waals surface area contributed by atoms with Gasteiger partial charge in [0.05, 0.1) is 15.5 Å². The van der Waals surface area contributed by atoms with Crippen LogP contribution in [-0.2, 0) is 9.84 Å². The minimum atomic E-state index is -3.42. The number of hydrogen-bond donors (Lipinski definition) is 1. The van der Waals surface area contributed by atoms with Gasteiger partial charge in [-0.3, -0.25) is 4.79 Å². The third kappa shape index (κ3) is 5.46. The molecule has 1 amide bonds. The van der Waals surface area contributed by atoms with E-state index in [9.17, 15) is 13.2 Å². The van der Waals surface area contributed by atoms with Gasteiger partial charge in [0.2, 0.25) is 0 Å². The molecule has 0 bridgehead atoms. The van der Waals surface area contributed by atoms with Crippen molar-refractivity contribution in [2.24, 2.45) is 0 Å². The fourth-order valence-electron chi connectivity index (χ4n) is 3.23. The highest BCUT2D eigenvalue weighted by atomic mass is 35.5. The molecule has 1 N–H and O–H groups in total. The number of rotatable bonds is 7. The second kappa shape index (κ2) is 9.25. The van der Waals surface area contributed by atoms with E-state index in [1.807, 2.05) is 36.4 Å². The molecule has 0 heterocycles. The fraction of sp³-hybridized carbons (Fsp3) is 0.174. The predicted molar refractivity (Wildman–Crippen MR) is 116 cm³/mol. The van der Waals surface area contributed by atoms with Gasteiger partial charge in [-0.05, 0) is 35.7 Å². The maximum atomic E-state index is 12.6. The van der Waals surface area contributed by atoms with Crippen LogP contribution in [0.1, 0.15) is 33.8 Å². The van der Waals surface area contributed by atoms with Crippen LogP contribution in [0.2, 0.25) is 5.02 Å². The van der Waals surface area contributed by atoms with Gasteiger partial charge in [-0.15, -0.1) is 0 Å². The molecule has 4 nitrogen and oxygen atoms in total. The number of halogens is 1. The van der Waals surface area contributed by atoms with Crippen LogP contribution in [0.25, 0.3) is 0 Å². The molecule has 0 atom stereocenters. The Kier molecular flexibility index (Phi) is 6.72. The highest BCUT2D eigenvalue weighted by Crippen LogP contribution is 2.27. The lowest BCUT2D eigenvalue weighted by molar-refractivity contribution is 0.0952. The quantitative estimate of drug-likeness (QED) is 0.594.